The van der Waals surface area contributed by atoms with Gasteiger partial charge in [-0.1, -0.05) is 158 Å². The lowest BCUT2D eigenvalue weighted by Crippen LogP contribution is -2.10. The minimum atomic E-state index is 0.585. The van der Waals surface area contributed by atoms with Crippen LogP contribution >= 0.6 is 0 Å². The predicted molar refractivity (Wildman–Crippen MR) is 221 cm³/mol. The predicted octanol–water partition coefficient (Wildman–Crippen LogP) is 13.1. The summed E-state index contributed by atoms with van der Waals surface area (Å²) in [4.78, 5) is 17.5. The third kappa shape index (κ3) is 5.56. The summed E-state index contributed by atoms with van der Waals surface area (Å²) in [6.45, 7) is 0. The number of benzene rings is 8. The van der Waals surface area contributed by atoms with Gasteiger partial charge in [-0.15, -0.1) is 0 Å². The average molecular weight is 693 g/mol. The standard InChI is InChI=1S/C49H32N4O/c1-5-16-33(17-6-1)34-28-30-39(31-29-34)53(38-23-11-4-12-24-38)45-40-25-14-13-22-37(40)32-42-44-41(26-15-27-43(44)54-46(42)45)49-51-47(35-18-7-2-8-19-35)50-48(52-49)36-20-9-3-10-21-36/h1-32H. The van der Waals surface area contributed by atoms with Gasteiger partial charge in [-0.25, -0.2) is 15.0 Å². The van der Waals surface area contributed by atoms with Crippen LogP contribution in [-0.2, 0) is 0 Å². The van der Waals surface area contributed by atoms with Gasteiger partial charge >= 0.3 is 0 Å². The molecule has 54 heavy (non-hydrogen) atoms. The Kier molecular flexibility index (Phi) is 7.73. The number of nitrogens with zero attached hydrogens (tertiary/aromatic N) is 4. The average Bonchev–Trinajstić information content (AvgIpc) is 3.63. The number of fused-ring (bicyclic) bond motifs is 4. The summed E-state index contributed by atoms with van der Waals surface area (Å²) in [6, 6.07) is 66.8. The molecule has 0 atom stereocenters. The Labute approximate surface area is 312 Å². The van der Waals surface area contributed by atoms with Gasteiger partial charge < -0.3 is 9.32 Å². The second-order valence-corrected chi connectivity index (χ2v) is 13.2. The van der Waals surface area contributed by atoms with Gasteiger partial charge in [0, 0.05) is 44.2 Å². The maximum absolute atomic E-state index is 6.99. The van der Waals surface area contributed by atoms with Crippen LogP contribution < -0.4 is 4.90 Å². The molecule has 0 unspecified atom stereocenters. The third-order valence-corrected chi connectivity index (χ3v) is 9.89. The topological polar surface area (TPSA) is 55.1 Å². The van der Waals surface area contributed by atoms with Crippen LogP contribution in [0.1, 0.15) is 0 Å². The molecule has 10 rings (SSSR count). The van der Waals surface area contributed by atoms with Crippen LogP contribution in [-0.4, -0.2) is 15.0 Å². The Balaban J connectivity index is 1.24. The van der Waals surface area contributed by atoms with E-state index in [2.05, 4.69) is 120 Å². The number of furan rings is 1. The van der Waals surface area contributed by atoms with Crippen LogP contribution in [0.15, 0.2) is 199 Å². The zero-order valence-electron chi connectivity index (χ0n) is 29.2. The number of para-hydroxylation sites is 1. The Hall–Kier alpha value is -7.37. The largest absolute Gasteiger partial charge is 0.454 e. The highest BCUT2D eigenvalue weighted by Gasteiger charge is 2.25. The van der Waals surface area contributed by atoms with Crippen molar-refractivity contribution >= 4 is 49.8 Å². The van der Waals surface area contributed by atoms with Crippen LogP contribution in [0, 0.1) is 0 Å². The van der Waals surface area contributed by atoms with Crippen molar-refractivity contribution in [1.82, 2.24) is 15.0 Å². The summed E-state index contributed by atoms with van der Waals surface area (Å²) >= 11 is 0. The van der Waals surface area contributed by atoms with E-state index in [-0.39, 0.29) is 0 Å². The second kappa shape index (κ2) is 13.3. The Morgan fingerprint density at radius 3 is 1.56 bits per heavy atom. The minimum absolute atomic E-state index is 0.585. The van der Waals surface area contributed by atoms with Crippen LogP contribution in [0.2, 0.25) is 0 Å². The molecule has 0 spiro atoms. The molecule has 2 aromatic heterocycles. The number of rotatable bonds is 7. The molecule has 254 valence electrons. The fourth-order valence-corrected chi connectivity index (χ4v) is 7.36. The Bertz CT molecular complexity index is 2850. The fourth-order valence-electron chi connectivity index (χ4n) is 7.36. The van der Waals surface area contributed by atoms with Gasteiger partial charge in [-0.2, -0.15) is 0 Å². The fraction of sp³-hybridized carbons (Fsp3) is 0. The molecule has 0 saturated heterocycles. The highest BCUT2D eigenvalue weighted by Crippen LogP contribution is 2.48. The van der Waals surface area contributed by atoms with E-state index in [1.54, 1.807) is 0 Å². The van der Waals surface area contributed by atoms with Crippen LogP contribution in [0.25, 0.3) is 78.0 Å². The molecule has 0 saturated carbocycles. The second-order valence-electron chi connectivity index (χ2n) is 13.2. The maximum Gasteiger partial charge on any atom is 0.164 e. The van der Waals surface area contributed by atoms with E-state index in [1.807, 2.05) is 78.9 Å². The number of anilines is 3. The van der Waals surface area contributed by atoms with Crippen molar-refractivity contribution in [2.24, 2.45) is 0 Å². The summed E-state index contributed by atoms with van der Waals surface area (Å²) in [5.41, 5.74) is 9.62. The summed E-state index contributed by atoms with van der Waals surface area (Å²) in [5, 5.41) is 4.12. The highest BCUT2D eigenvalue weighted by atomic mass is 16.3. The highest BCUT2D eigenvalue weighted by molar-refractivity contribution is 6.22. The number of aromatic nitrogens is 3. The van der Waals surface area contributed by atoms with Crippen molar-refractivity contribution in [3.63, 3.8) is 0 Å². The molecular formula is C49H32N4O. The van der Waals surface area contributed by atoms with E-state index < -0.39 is 0 Å². The molecule has 10 aromatic rings. The Morgan fingerprint density at radius 1 is 0.389 bits per heavy atom. The van der Waals surface area contributed by atoms with E-state index in [0.717, 1.165) is 72.0 Å². The van der Waals surface area contributed by atoms with Crippen LogP contribution in [0.4, 0.5) is 17.1 Å². The smallest absolute Gasteiger partial charge is 0.164 e. The summed E-state index contributed by atoms with van der Waals surface area (Å²) in [7, 11) is 0. The van der Waals surface area contributed by atoms with Gasteiger partial charge in [-0.3, -0.25) is 0 Å². The molecule has 8 aromatic carbocycles. The third-order valence-electron chi connectivity index (χ3n) is 9.89. The maximum atomic E-state index is 6.99. The van der Waals surface area contributed by atoms with Crippen molar-refractivity contribution in [2.75, 3.05) is 4.90 Å². The van der Waals surface area contributed by atoms with Gasteiger partial charge in [0.2, 0.25) is 0 Å². The van der Waals surface area contributed by atoms with Crippen molar-refractivity contribution in [3.8, 4) is 45.3 Å². The lowest BCUT2D eigenvalue weighted by molar-refractivity contribution is 0.669. The van der Waals surface area contributed by atoms with Crippen LogP contribution in [0.5, 0.6) is 0 Å². The van der Waals surface area contributed by atoms with Gasteiger partial charge in [0.25, 0.3) is 0 Å². The van der Waals surface area contributed by atoms with Gasteiger partial charge in [-0.05, 0) is 52.9 Å². The molecular weight excluding hydrogens is 661 g/mol. The minimum Gasteiger partial charge on any atom is -0.454 e. The molecule has 0 aliphatic carbocycles. The SMILES string of the molecule is c1ccc(-c2ccc(N(c3ccccc3)c3c4ccccc4cc4c3oc3cccc(-c5nc(-c6ccccc6)nc(-c6ccccc6)n5)c34)cc2)cc1. The van der Waals surface area contributed by atoms with Crippen molar-refractivity contribution in [1.29, 1.82) is 0 Å². The molecule has 2 heterocycles. The lowest BCUT2D eigenvalue weighted by atomic mass is 9.99. The van der Waals surface area contributed by atoms with E-state index in [0.29, 0.717) is 17.5 Å². The molecule has 0 fully saturated rings. The monoisotopic (exact) mass is 692 g/mol. The quantitative estimate of drug-likeness (QED) is 0.166. The molecule has 0 radical (unpaired) electrons. The molecule has 0 aliphatic heterocycles. The van der Waals surface area contributed by atoms with E-state index in [4.69, 9.17) is 19.4 Å². The lowest BCUT2D eigenvalue weighted by Gasteiger charge is -2.27. The van der Waals surface area contributed by atoms with Gasteiger partial charge in [0.15, 0.2) is 23.1 Å². The molecule has 5 heteroatoms. The summed E-state index contributed by atoms with van der Waals surface area (Å²) in [6.07, 6.45) is 0. The number of hydrogen-bond donors (Lipinski definition) is 0. The van der Waals surface area contributed by atoms with E-state index in [1.165, 1.54) is 5.56 Å². The van der Waals surface area contributed by atoms with E-state index >= 15 is 0 Å². The Morgan fingerprint density at radius 2 is 0.907 bits per heavy atom. The molecule has 0 aliphatic rings. The first kappa shape index (κ1) is 31.4. The first-order valence-electron chi connectivity index (χ1n) is 18.0. The summed E-state index contributed by atoms with van der Waals surface area (Å²) in [5.74, 6) is 1.82. The molecule has 0 amide bonds. The van der Waals surface area contributed by atoms with E-state index in [9.17, 15) is 0 Å². The van der Waals surface area contributed by atoms with Gasteiger partial charge in [0.05, 0.1) is 5.69 Å². The zero-order chi connectivity index (χ0) is 35.8. The van der Waals surface area contributed by atoms with Crippen molar-refractivity contribution in [2.45, 2.75) is 0 Å². The summed E-state index contributed by atoms with van der Waals surface area (Å²) < 4.78 is 6.99. The van der Waals surface area contributed by atoms with Crippen molar-refractivity contribution < 1.29 is 4.42 Å². The first-order chi connectivity index (χ1) is 26.8. The molecule has 5 nitrogen and oxygen atoms in total. The first-order valence-corrected chi connectivity index (χ1v) is 18.0. The molecule has 0 N–H and O–H groups in total. The number of hydrogen-bond acceptors (Lipinski definition) is 5. The molecule has 0 bridgehead atoms. The van der Waals surface area contributed by atoms with Crippen LogP contribution in [0.3, 0.4) is 0 Å². The zero-order valence-corrected chi connectivity index (χ0v) is 29.2. The van der Waals surface area contributed by atoms with Crippen molar-refractivity contribution in [3.05, 3.63) is 194 Å². The normalized spacial score (nSPS) is 11.3. The van der Waals surface area contributed by atoms with Gasteiger partial charge in [0.1, 0.15) is 5.58 Å².